The molecule has 8 nitrogen and oxygen atoms in total. The molecule has 1 spiro atoms. The first-order valence-electron chi connectivity index (χ1n) is 11.2. The van der Waals surface area contributed by atoms with Crippen LogP contribution in [-0.2, 0) is 9.59 Å². The van der Waals surface area contributed by atoms with Crippen LogP contribution in [0.25, 0.3) is 0 Å². The summed E-state index contributed by atoms with van der Waals surface area (Å²) >= 11 is 12.3. The van der Waals surface area contributed by atoms with E-state index in [2.05, 4.69) is 11.0 Å². The number of carbonyl (C=O) groups is 3. The van der Waals surface area contributed by atoms with Gasteiger partial charge in [0, 0.05) is 42.6 Å². The lowest BCUT2D eigenvalue weighted by molar-refractivity contribution is -0.139. The van der Waals surface area contributed by atoms with E-state index in [1.807, 2.05) is 12.1 Å². The second-order valence-corrected chi connectivity index (χ2v) is 10.3. The number of nitriles is 1. The van der Waals surface area contributed by atoms with E-state index >= 15 is 0 Å². The van der Waals surface area contributed by atoms with Gasteiger partial charge < -0.3 is 10.0 Å². The van der Waals surface area contributed by atoms with Crippen molar-refractivity contribution < 1.29 is 19.5 Å². The number of rotatable bonds is 5. The number of carboxylic acids is 1. The Balaban J connectivity index is 1.54. The lowest BCUT2D eigenvalue weighted by Crippen LogP contribution is -2.53. The summed E-state index contributed by atoms with van der Waals surface area (Å²) < 4.78 is 0. The molecule has 10 heteroatoms. The van der Waals surface area contributed by atoms with Gasteiger partial charge in [-0.15, -0.1) is 0 Å². The summed E-state index contributed by atoms with van der Waals surface area (Å²) in [6, 6.07) is 13.2. The van der Waals surface area contributed by atoms with Gasteiger partial charge in [0.2, 0.25) is 0 Å². The van der Waals surface area contributed by atoms with Crippen LogP contribution in [0.5, 0.6) is 0 Å². The fourth-order valence-corrected chi connectivity index (χ4v) is 6.03. The highest BCUT2D eigenvalue weighted by Gasteiger charge is 2.64. The Kier molecular flexibility index (Phi) is 5.75. The van der Waals surface area contributed by atoms with Crippen LogP contribution in [0.3, 0.4) is 0 Å². The van der Waals surface area contributed by atoms with Crippen LogP contribution in [-0.4, -0.2) is 65.0 Å². The minimum atomic E-state index is -1.20. The van der Waals surface area contributed by atoms with E-state index in [4.69, 9.17) is 23.2 Å². The molecule has 3 aliphatic rings. The van der Waals surface area contributed by atoms with Crippen LogP contribution in [0.2, 0.25) is 10.0 Å². The van der Waals surface area contributed by atoms with Crippen molar-refractivity contribution >= 4 is 46.8 Å². The second kappa shape index (κ2) is 8.52. The third-order valence-electron chi connectivity index (χ3n) is 7.41. The lowest BCUT2D eigenvalue weighted by atomic mass is 9.80. The minimum Gasteiger partial charge on any atom is -0.481 e. The fraction of sp³-hybridized carbons (Fsp3) is 0.360. The monoisotopic (exact) mass is 512 g/mol. The van der Waals surface area contributed by atoms with Gasteiger partial charge in [0.05, 0.1) is 23.2 Å². The predicted molar refractivity (Wildman–Crippen MR) is 129 cm³/mol. The Bertz CT molecular complexity index is 1260. The maximum atomic E-state index is 14.1. The maximum Gasteiger partial charge on any atom is 0.332 e. The van der Waals surface area contributed by atoms with Crippen LogP contribution in [0.4, 0.5) is 10.5 Å². The standard InChI is InChI=1S/C25H22Cl2N4O4/c1-29-24(35)31(19-8-17(26)7-18(27)9-19)23(34)25(29)13-30(11-16-6-20(16)22(32)33)12-21(25)15-4-2-14(10-28)3-5-15/h2-5,7-9,16,20-21H,6,11-13H2,1H3,(H,32,33)/t16?,20?,21-,25+/m0/s1. The molecule has 0 aromatic heterocycles. The Morgan fingerprint density at radius 3 is 2.40 bits per heavy atom. The number of carbonyl (C=O) groups excluding carboxylic acids is 2. The summed E-state index contributed by atoms with van der Waals surface area (Å²) in [5.74, 6) is -1.92. The van der Waals surface area contributed by atoms with Crippen molar-refractivity contribution in [2.75, 3.05) is 31.6 Å². The van der Waals surface area contributed by atoms with Gasteiger partial charge in [-0.2, -0.15) is 5.26 Å². The zero-order chi connectivity index (χ0) is 25.1. The Morgan fingerprint density at radius 2 is 1.83 bits per heavy atom. The molecule has 2 aliphatic heterocycles. The molecule has 0 bridgehead atoms. The molecular formula is C25H22Cl2N4O4. The van der Waals surface area contributed by atoms with Crippen molar-refractivity contribution in [3.05, 3.63) is 63.6 Å². The number of halogens is 2. The molecule has 2 saturated heterocycles. The van der Waals surface area contributed by atoms with Crippen LogP contribution < -0.4 is 4.90 Å². The third kappa shape index (κ3) is 3.84. The zero-order valence-corrected chi connectivity index (χ0v) is 20.3. The van der Waals surface area contributed by atoms with Gasteiger partial charge >= 0.3 is 12.0 Å². The summed E-state index contributed by atoms with van der Waals surface area (Å²) in [5, 5.41) is 19.1. The van der Waals surface area contributed by atoms with Gasteiger partial charge in [0.15, 0.2) is 0 Å². The van der Waals surface area contributed by atoms with Crippen molar-refractivity contribution in [1.29, 1.82) is 5.26 Å². The molecule has 180 valence electrons. The first-order chi connectivity index (χ1) is 16.6. The number of benzene rings is 2. The molecule has 3 fully saturated rings. The SMILES string of the molecule is CN1C(=O)N(c2cc(Cl)cc(Cl)c2)C(=O)[C@]12CN(CC1CC1C(=O)O)C[C@H]2c1ccc(C#N)cc1. The molecule has 2 aromatic carbocycles. The van der Waals surface area contributed by atoms with Crippen molar-refractivity contribution in [1.82, 2.24) is 9.80 Å². The Morgan fingerprint density at radius 1 is 1.17 bits per heavy atom. The average Bonchev–Trinajstić information content (AvgIpc) is 3.44. The van der Waals surface area contributed by atoms with Crippen molar-refractivity contribution in [3.63, 3.8) is 0 Å². The van der Waals surface area contributed by atoms with E-state index in [0.29, 0.717) is 40.8 Å². The minimum absolute atomic E-state index is 0.0182. The smallest absolute Gasteiger partial charge is 0.332 e. The van der Waals surface area contributed by atoms with E-state index < -0.39 is 17.5 Å². The first kappa shape index (κ1) is 23.6. The zero-order valence-electron chi connectivity index (χ0n) is 18.8. The van der Waals surface area contributed by atoms with Gasteiger partial charge in [0.25, 0.3) is 5.91 Å². The molecule has 1 saturated carbocycles. The molecule has 1 N–H and O–H groups in total. The van der Waals surface area contributed by atoms with Gasteiger partial charge in [-0.25, -0.2) is 9.69 Å². The number of likely N-dealkylation sites (N-methyl/N-ethyl adjacent to an activating group) is 1. The van der Waals surface area contributed by atoms with Crippen molar-refractivity contribution in [3.8, 4) is 6.07 Å². The van der Waals surface area contributed by atoms with Crippen LogP contribution >= 0.6 is 23.2 Å². The van der Waals surface area contributed by atoms with Crippen molar-refractivity contribution in [2.24, 2.45) is 11.8 Å². The highest BCUT2D eigenvalue weighted by atomic mass is 35.5. The molecule has 4 atom stereocenters. The number of amides is 3. The summed E-state index contributed by atoms with van der Waals surface area (Å²) in [5.41, 5.74) is 0.424. The number of hydrogen-bond acceptors (Lipinski definition) is 5. The Hall–Kier alpha value is -3.12. The number of urea groups is 1. The largest absolute Gasteiger partial charge is 0.481 e. The highest BCUT2D eigenvalue weighted by Crippen LogP contribution is 2.48. The number of likely N-dealkylation sites (tertiary alicyclic amines) is 1. The molecule has 1 aliphatic carbocycles. The van der Waals surface area contributed by atoms with Crippen LogP contribution in [0.15, 0.2) is 42.5 Å². The molecule has 5 rings (SSSR count). The number of imide groups is 1. The maximum absolute atomic E-state index is 14.1. The Labute approximate surface area is 212 Å². The van der Waals surface area contributed by atoms with E-state index in [-0.39, 0.29) is 30.2 Å². The summed E-state index contributed by atoms with van der Waals surface area (Å²) in [6.45, 7) is 1.28. The number of carboxylic acid groups (broad SMARTS) is 1. The third-order valence-corrected chi connectivity index (χ3v) is 7.85. The van der Waals surface area contributed by atoms with Crippen molar-refractivity contribution in [2.45, 2.75) is 17.9 Å². The quantitative estimate of drug-likeness (QED) is 0.610. The first-order valence-corrected chi connectivity index (χ1v) is 11.9. The molecule has 3 amide bonds. The van der Waals surface area contributed by atoms with Gasteiger partial charge in [0.1, 0.15) is 5.54 Å². The molecular weight excluding hydrogens is 491 g/mol. The number of aliphatic carboxylic acids is 1. The molecule has 0 radical (unpaired) electrons. The number of nitrogens with zero attached hydrogens (tertiary/aromatic N) is 4. The summed E-state index contributed by atoms with van der Waals surface area (Å²) in [4.78, 5) is 43.6. The topological polar surface area (TPSA) is 105 Å². The molecule has 2 unspecified atom stereocenters. The summed E-state index contributed by atoms with van der Waals surface area (Å²) in [6.07, 6.45) is 0.607. The number of hydrogen-bond donors (Lipinski definition) is 1. The van der Waals surface area contributed by atoms with Crippen LogP contribution in [0, 0.1) is 23.2 Å². The molecule has 2 aromatic rings. The molecule has 2 heterocycles. The molecule has 35 heavy (non-hydrogen) atoms. The fourth-order valence-electron chi connectivity index (χ4n) is 5.52. The lowest BCUT2D eigenvalue weighted by Gasteiger charge is -2.34. The number of anilines is 1. The summed E-state index contributed by atoms with van der Waals surface area (Å²) in [7, 11) is 1.61. The van der Waals surface area contributed by atoms with E-state index in [0.717, 1.165) is 10.5 Å². The van der Waals surface area contributed by atoms with Gasteiger partial charge in [-0.05, 0) is 48.2 Å². The highest BCUT2D eigenvalue weighted by molar-refractivity contribution is 6.35. The van der Waals surface area contributed by atoms with E-state index in [1.54, 1.807) is 19.2 Å². The average molecular weight is 513 g/mol. The predicted octanol–water partition coefficient (Wildman–Crippen LogP) is 3.82. The van der Waals surface area contributed by atoms with Gasteiger partial charge in [-0.1, -0.05) is 35.3 Å². The van der Waals surface area contributed by atoms with E-state index in [9.17, 15) is 24.8 Å². The normalized spacial score (nSPS) is 28.1. The van der Waals surface area contributed by atoms with Gasteiger partial charge in [-0.3, -0.25) is 14.5 Å². The second-order valence-electron chi connectivity index (χ2n) is 9.46. The van der Waals surface area contributed by atoms with Crippen LogP contribution in [0.1, 0.15) is 23.5 Å². The van der Waals surface area contributed by atoms with E-state index in [1.165, 1.54) is 23.1 Å².